The molecule has 36 heavy (non-hydrogen) atoms. The third kappa shape index (κ3) is 4.87. The van der Waals surface area contributed by atoms with Gasteiger partial charge in [0.1, 0.15) is 11.6 Å². The van der Waals surface area contributed by atoms with E-state index in [1.54, 1.807) is 20.8 Å². The number of carboxylic acid groups (broad SMARTS) is 1. The number of carbonyl (C=O) groups excluding carboxylic acids is 2. The minimum atomic E-state index is -0.958. The molecule has 5 rings (SSSR count). The van der Waals surface area contributed by atoms with E-state index in [4.69, 9.17) is 18.8 Å². The Bertz CT molecular complexity index is 888. The Labute approximate surface area is 214 Å². The average Bonchev–Trinajstić information content (AvgIpc) is 3.28. The van der Waals surface area contributed by atoms with E-state index in [0.717, 1.165) is 6.42 Å². The Morgan fingerprint density at radius 2 is 1.86 bits per heavy atom. The predicted molar refractivity (Wildman–Crippen MR) is 132 cm³/mol. The highest BCUT2D eigenvalue weighted by Crippen LogP contribution is 2.65. The average molecular weight is 507 g/mol. The van der Waals surface area contributed by atoms with Crippen LogP contribution in [0, 0.1) is 29.1 Å². The topological polar surface area (TPSA) is 112 Å². The number of hydrogen-bond acceptors (Lipinski definition) is 7. The van der Waals surface area contributed by atoms with E-state index in [2.05, 4.69) is 20.8 Å². The lowest BCUT2D eigenvalue weighted by Crippen LogP contribution is -2.65. The molecule has 9 nitrogen and oxygen atoms in total. The van der Waals surface area contributed by atoms with Crippen molar-refractivity contribution < 1.29 is 38.3 Å². The SMILES string of the molecule is COC(=O)[C@H]1[C@H](CCCB2O[C@@H]3C[C@@H]4C[C@@H](C4(C)C)[C@]3(C)O2)C(CC(=O)O)CN1C(=O)OC(C)(C)C. The summed E-state index contributed by atoms with van der Waals surface area (Å²) in [4.78, 5) is 38.7. The molecular formula is C26H42BNO8. The van der Waals surface area contributed by atoms with Gasteiger partial charge in [-0.15, -0.1) is 0 Å². The molecule has 1 amide bonds. The van der Waals surface area contributed by atoms with E-state index in [1.807, 2.05) is 0 Å². The number of esters is 1. The molecular weight excluding hydrogens is 465 g/mol. The molecule has 7 atom stereocenters. The van der Waals surface area contributed by atoms with Gasteiger partial charge in [0.15, 0.2) is 0 Å². The monoisotopic (exact) mass is 507 g/mol. The molecule has 1 N–H and O–H groups in total. The molecule has 0 radical (unpaired) electrons. The number of ether oxygens (including phenoxy) is 2. The van der Waals surface area contributed by atoms with Gasteiger partial charge in [-0.2, -0.15) is 0 Å². The molecule has 5 aliphatic rings. The third-order valence-electron chi connectivity index (χ3n) is 9.26. The smallest absolute Gasteiger partial charge is 0.457 e. The fourth-order valence-corrected chi connectivity index (χ4v) is 7.35. The summed E-state index contributed by atoms with van der Waals surface area (Å²) in [6, 6.07) is -0.882. The second-order valence-corrected chi connectivity index (χ2v) is 13.0. The number of nitrogens with zero attached hydrogens (tertiary/aromatic N) is 1. The standard InChI is InChI=1S/C26H42BNO8/c1-24(2,3)34-23(32)28-14-15(11-20(29)30)17(21(28)22(31)33-7)9-8-10-27-35-19-13-16-12-18(25(16,4)5)26(19,6)36-27/h15-19,21H,8-14H2,1-7H3,(H,29,30)/t15?,16-,17+,18-,19+,21+,26-/m0/s1. The number of carbonyl (C=O) groups is 3. The maximum absolute atomic E-state index is 12.9. The summed E-state index contributed by atoms with van der Waals surface area (Å²) >= 11 is 0. The lowest BCUT2D eigenvalue weighted by atomic mass is 9.43. The zero-order chi connectivity index (χ0) is 26.6. The number of aliphatic carboxylic acids is 1. The number of likely N-dealkylation sites (tertiary alicyclic amines) is 1. The molecule has 3 aliphatic carbocycles. The highest BCUT2D eigenvalue weighted by molar-refractivity contribution is 6.45. The lowest BCUT2D eigenvalue weighted by Gasteiger charge is -2.64. The Morgan fingerprint density at radius 1 is 1.17 bits per heavy atom. The van der Waals surface area contributed by atoms with Crippen molar-refractivity contribution in [2.24, 2.45) is 29.1 Å². The molecule has 0 aromatic carbocycles. The normalized spacial score (nSPS) is 36.8. The summed E-state index contributed by atoms with van der Waals surface area (Å²) in [6.45, 7) is 12.2. The van der Waals surface area contributed by atoms with Crippen LogP contribution in [0.4, 0.5) is 4.79 Å². The maximum Gasteiger partial charge on any atom is 0.457 e. The van der Waals surface area contributed by atoms with Crippen LogP contribution >= 0.6 is 0 Å². The summed E-state index contributed by atoms with van der Waals surface area (Å²) < 4.78 is 23.4. The fourth-order valence-electron chi connectivity index (χ4n) is 7.35. The lowest BCUT2D eigenvalue weighted by molar-refractivity contribution is -0.199. The van der Waals surface area contributed by atoms with Crippen molar-refractivity contribution in [3.63, 3.8) is 0 Å². The molecule has 0 aromatic heterocycles. The summed E-state index contributed by atoms with van der Waals surface area (Å²) in [7, 11) is 0.972. The van der Waals surface area contributed by atoms with Gasteiger partial charge in [-0.05, 0) is 82.4 Å². The highest BCUT2D eigenvalue weighted by atomic mass is 16.7. The zero-order valence-electron chi connectivity index (χ0n) is 22.7. The third-order valence-corrected chi connectivity index (χ3v) is 9.26. The summed E-state index contributed by atoms with van der Waals surface area (Å²) in [5.74, 6) is -1.07. The molecule has 2 heterocycles. The number of carboxylic acids is 1. The summed E-state index contributed by atoms with van der Waals surface area (Å²) in [6.07, 6.45) is 3.45. The van der Waals surface area contributed by atoms with Crippen LogP contribution in [-0.2, 0) is 28.4 Å². The van der Waals surface area contributed by atoms with Gasteiger partial charge in [0.2, 0.25) is 0 Å². The van der Waals surface area contributed by atoms with Crippen LogP contribution < -0.4 is 0 Å². The van der Waals surface area contributed by atoms with Gasteiger partial charge in [-0.3, -0.25) is 9.69 Å². The Morgan fingerprint density at radius 3 is 2.44 bits per heavy atom. The molecule has 1 unspecified atom stereocenters. The van der Waals surface area contributed by atoms with Crippen LogP contribution in [0.2, 0.25) is 6.32 Å². The van der Waals surface area contributed by atoms with Crippen LogP contribution in [0.1, 0.15) is 73.6 Å². The maximum atomic E-state index is 12.9. The van der Waals surface area contributed by atoms with Crippen molar-refractivity contribution in [3.05, 3.63) is 0 Å². The second-order valence-electron chi connectivity index (χ2n) is 13.0. The van der Waals surface area contributed by atoms with Crippen molar-refractivity contribution >= 4 is 25.2 Å². The van der Waals surface area contributed by atoms with Crippen molar-refractivity contribution in [1.82, 2.24) is 4.90 Å². The van der Waals surface area contributed by atoms with Crippen molar-refractivity contribution in [3.8, 4) is 0 Å². The van der Waals surface area contributed by atoms with Crippen molar-refractivity contribution in [1.29, 1.82) is 0 Å². The van der Waals surface area contributed by atoms with E-state index < -0.39 is 29.7 Å². The first-order chi connectivity index (χ1) is 16.7. The number of amides is 1. The number of hydrogen-bond donors (Lipinski definition) is 1. The molecule has 2 bridgehead atoms. The largest absolute Gasteiger partial charge is 0.481 e. The van der Waals surface area contributed by atoms with Gasteiger partial charge < -0.3 is 23.9 Å². The molecule has 0 spiro atoms. The molecule has 3 saturated carbocycles. The van der Waals surface area contributed by atoms with Gasteiger partial charge in [0.25, 0.3) is 0 Å². The Kier molecular flexibility index (Phi) is 7.18. The number of methoxy groups -OCH3 is 1. The van der Waals surface area contributed by atoms with Crippen LogP contribution in [-0.4, -0.2) is 72.2 Å². The molecule has 10 heteroatoms. The molecule has 0 aromatic rings. The van der Waals surface area contributed by atoms with Gasteiger partial charge in [0, 0.05) is 6.54 Å². The van der Waals surface area contributed by atoms with E-state index in [1.165, 1.54) is 18.4 Å². The molecule has 2 saturated heterocycles. The fraction of sp³-hybridized carbons (Fsp3) is 0.885. The molecule has 202 valence electrons. The first kappa shape index (κ1) is 27.2. The van der Waals surface area contributed by atoms with E-state index in [9.17, 15) is 19.5 Å². The zero-order valence-corrected chi connectivity index (χ0v) is 22.7. The Hall–Kier alpha value is -1.81. The van der Waals surface area contributed by atoms with Crippen molar-refractivity contribution in [2.75, 3.05) is 13.7 Å². The Balaban J connectivity index is 1.42. The quantitative estimate of drug-likeness (QED) is 0.407. The van der Waals surface area contributed by atoms with Gasteiger partial charge in [0.05, 0.1) is 25.2 Å². The first-order valence-electron chi connectivity index (χ1n) is 13.3. The predicted octanol–water partition coefficient (Wildman–Crippen LogP) is 3.99. The minimum Gasteiger partial charge on any atom is -0.481 e. The van der Waals surface area contributed by atoms with Crippen LogP contribution in [0.5, 0.6) is 0 Å². The van der Waals surface area contributed by atoms with E-state index in [0.29, 0.717) is 31.0 Å². The number of rotatable bonds is 7. The van der Waals surface area contributed by atoms with Gasteiger partial charge >= 0.3 is 25.2 Å². The van der Waals surface area contributed by atoms with Gasteiger partial charge in [-0.25, -0.2) is 9.59 Å². The summed E-state index contributed by atoms with van der Waals surface area (Å²) in [5, 5.41) is 9.51. The minimum absolute atomic E-state index is 0.107. The van der Waals surface area contributed by atoms with Crippen LogP contribution in [0.15, 0.2) is 0 Å². The second kappa shape index (κ2) is 9.50. The van der Waals surface area contributed by atoms with Crippen LogP contribution in [0.25, 0.3) is 0 Å². The van der Waals surface area contributed by atoms with Crippen molar-refractivity contribution in [2.45, 2.75) is 103 Å². The van der Waals surface area contributed by atoms with E-state index in [-0.39, 0.29) is 49.0 Å². The summed E-state index contributed by atoms with van der Waals surface area (Å²) in [5.41, 5.74) is -0.738. The molecule has 5 fully saturated rings. The van der Waals surface area contributed by atoms with Gasteiger partial charge in [-0.1, -0.05) is 20.3 Å². The van der Waals surface area contributed by atoms with E-state index >= 15 is 0 Å². The highest BCUT2D eigenvalue weighted by Gasteiger charge is 2.67. The molecule has 2 aliphatic heterocycles. The first-order valence-corrected chi connectivity index (χ1v) is 13.3. The van der Waals surface area contributed by atoms with Crippen LogP contribution in [0.3, 0.4) is 0 Å².